The van der Waals surface area contributed by atoms with Crippen LogP contribution >= 0.6 is 11.8 Å². The molecule has 0 amide bonds. The molecule has 0 saturated heterocycles. The summed E-state index contributed by atoms with van der Waals surface area (Å²) in [5.41, 5.74) is 3.84. The topological polar surface area (TPSA) is 69.9 Å². The standard InChI is InChI=1S/C18H16N4O2S/c1-12-2-5-15(6-3-12)22-18(19-20-21-22)25-11-16(23)13-4-7-17-14(10-13)8-9-24-17/h2-7,10H,8-9,11H2,1H3. The van der Waals surface area contributed by atoms with Gasteiger partial charge in [0.25, 0.3) is 0 Å². The predicted octanol–water partition coefficient (Wildman–Crippen LogP) is 2.88. The van der Waals surface area contributed by atoms with E-state index in [1.165, 1.54) is 17.3 Å². The molecule has 0 aliphatic carbocycles. The third-order valence-corrected chi connectivity index (χ3v) is 4.98. The number of benzene rings is 2. The molecule has 0 N–H and O–H groups in total. The predicted molar refractivity (Wildman–Crippen MR) is 94.6 cm³/mol. The van der Waals surface area contributed by atoms with Gasteiger partial charge in [-0.15, -0.1) is 5.10 Å². The maximum Gasteiger partial charge on any atom is 0.214 e. The number of ketones is 1. The van der Waals surface area contributed by atoms with E-state index < -0.39 is 0 Å². The number of hydrogen-bond acceptors (Lipinski definition) is 6. The Kier molecular flexibility index (Phi) is 4.23. The van der Waals surface area contributed by atoms with Gasteiger partial charge in [0.15, 0.2) is 5.78 Å². The van der Waals surface area contributed by atoms with Gasteiger partial charge in [0.05, 0.1) is 18.0 Å². The quantitative estimate of drug-likeness (QED) is 0.519. The molecule has 1 aromatic heterocycles. The van der Waals surface area contributed by atoms with E-state index in [1.54, 1.807) is 4.68 Å². The van der Waals surface area contributed by atoms with Crippen molar-refractivity contribution in [1.82, 2.24) is 20.2 Å². The first kappa shape index (κ1) is 15.8. The number of thioether (sulfide) groups is 1. The number of fused-ring (bicyclic) bond motifs is 1. The first-order valence-electron chi connectivity index (χ1n) is 7.98. The SMILES string of the molecule is Cc1ccc(-n2nnnc2SCC(=O)c2ccc3c(c2)CCO3)cc1. The van der Waals surface area contributed by atoms with E-state index in [1.807, 2.05) is 49.4 Å². The van der Waals surface area contributed by atoms with Gasteiger partial charge in [-0.1, -0.05) is 29.5 Å². The van der Waals surface area contributed by atoms with Gasteiger partial charge in [0.2, 0.25) is 5.16 Å². The zero-order valence-corrected chi connectivity index (χ0v) is 14.5. The Morgan fingerprint density at radius 2 is 2.08 bits per heavy atom. The van der Waals surface area contributed by atoms with E-state index in [4.69, 9.17) is 4.74 Å². The minimum atomic E-state index is 0.0538. The van der Waals surface area contributed by atoms with Crippen molar-refractivity contribution in [2.24, 2.45) is 0 Å². The molecule has 4 rings (SSSR count). The van der Waals surface area contributed by atoms with Crippen molar-refractivity contribution in [1.29, 1.82) is 0 Å². The largest absolute Gasteiger partial charge is 0.493 e. The van der Waals surface area contributed by atoms with Crippen LogP contribution in [0.25, 0.3) is 5.69 Å². The van der Waals surface area contributed by atoms with E-state index >= 15 is 0 Å². The van der Waals surface area contributed by atoms with E-state index in [0.717, 1.165) is 23.4 Å². The minimum absolute atomic E-state index is 0.0538. The summed E-state index contributed by atoms with van der Waals surface area (Å²) in [5, 5.41) is 12.4. The number of carbonyl (C=O) groups is 1. The van der Waals surface area contributed by atoms with Crippen LogP contribution in [-0.2, 0) is 6.42 Å². The van der Waals surface area contributed by atoms with Gasteiger partial charge in [-0.3, -0.25) is 4.79 Å². The highest BCUT2D eigenvalue weighted by Crippen LogP contribution is 2.27. The molecule has 1 aliphatic rings. The van der Waals surface area contributed by atoms with E-state index in [2.05, 4.69) is 15.5 Å². The zero-order valence-electron chi connectivity index (χ0n) is 13.7. The van der Waals surface area contributed by atoms with E-state index in [-0.39, 0.29) is 11.5 Å². The molecule has 0 spiro atoms. The third kappa shape index (κ3) is 3.28. The normalized spacial score (nSPS) is 12.7. The fourth-order valence-electron chi connectivity index (χ4n) is 2.69. The lowest BCUT2D eigenvalue weighted by Gasteiger charge is -2.05. The average molecular weight is 352 g/mol. The van der Waals surface area contributed by atoms with Gasteiger partial charge >= 0.3 is 0 Å². The number of ether oxygens (including phenoxy) is 1. The van der Waals surface area contributed by atoms with Gasteiger partial charge in [0, 0.05) is 12.0 Å². The molecule has 7 heteroatoms. The molecule has 126 valence electrons. The van der Waals surface area contributed by atoms with Crippen LogP contribution in [0.15, 0.2) is 47.6 Å². The van der Waals surface area contributed by atoms with Crippen LogP contribution in [0.5, 0.6) is 5.75 Å². The lowest BCUT2D eigenvalue weighted by molar-refractivity contribution is 0.102. The van der Waals surface area contributed by atoms with Crippen molar-refractivity contribution in [3.05, 3.63) is 59.2 Å². The molecule has 2 heterocycles. The molecule has 25 heavy (non-hydrogen) atoms. The first-order valence-corrected chi connectivity index (χ1v) is 8.96. The zero-order chi connectivity index (χ0) is 17.2. The van der Waals surface area contributed by atoms with Gasteiger partial charge in [0.1, 0.15) is 5.75 Å². The fraction of sp³-hybridized carbons (Fsp3) is 0.222. The van der Waals surface area contributed by atoms with Crippen molar-refractivity contribution in [3.8, 4) is 11.4 Å². The fourth-order valence-corrected chi connectivity index (χ4v) is 3.48. The van der Waals surface area contributed by atoms with Crippen molar-refractivity contribution in [2.45, 2.75) is 18.5 Å². The van der Waals surface area contributed by atoms with E-state index in [9.17, 15) is 4.79 Å². The van der Waals surface area contributed by atoms with Crippen LogP contribution in [0.4, 0.5) is 0 Å². The van der Waals surface area contributed by atoms with Crippen LogP contribution in [0.2, 0.25) is 0 Å². The lowest BCUT2D eigenvalue weighted by atomic mass is 10.1. The van der Waals surface area contributed by atoms with Gasteiger partial charge in [-0.2, -0.15) is 4.68 Å². The first-order chi connectivity index (χ1) is 12.2. The highest BCUT2D eigenvalue weighted by atomic mass is 32.2. The number of hydrogen-bond donors (Lipinski definition) is 0. The molecule has 6 nitrogen and oxygen atoms in total. The molecular weight excluding hydrogens is 336 g/mol. The monoisotopic (exact) mass is 352 g/mol. The Hall–Kier alpha value is -2.67. The second-order valence-electron chi connectivity index (χ2n) is 5.84. The number of aryl methyl sites for hydroxylation is 1. The van der Waals surface area contributed by atoms with Crippen LogP contribution in [-0.4, -0.2) is 38.4 Å². The maximum absolute atomic E-state index is 12.5. The molecule has 2 aromatic carbocycles. The summed E-state index contributed by atoms with van der Waals surface area (Å²) in [7, 11) is 0. The number of aromatic nitrogens is 4. The summed E-state index contributed by atoms with van der Waals surface area (Å²) >= 11 is 1.34. The van der Waals surface area contributed by atoms with Crippen molar-refractivity contribution in [3.63, 3.8) is 0 Å². The lowest BCUT2D eigenvalue weighted by Crippen LogP contribution is -2.05. The van der Waals surface area contributed by atoms with Crippen LogP contribution < -0.4 is 4.74 Å². The van der Waals surface area contributed by atoms with Crippen molar-refractivity contribution >= 4 is 17.5 Å². The Bertz CT molecular complexity index is 921. The van der Waals surface area contributed by atoms with Crippen LogP contribution in [0, 0.1) is 6.92 Å². The summed E-state index contributed by atoms with van der Waals surface area (Å²) in [6.45, 7) is 2.71. The summed E-state index contributed by atoms with van der Waals surface area (Å²) < 4.78 is 7.13. The second kappa shape index (κ2) is 6.68. The summed E-state index contributed by atoms with van der Waals surface area (Å²) in [4.78, 5) is 12.5. The number of Topliss-reactive ketones (excluding diaryl/α,β-unsaturated/α-hetero) is 1. The van der Waals surface area contributed by atoms with Gasteiger partial charge in [-0.25, -0.2) is 0 Å². The van der Waals surface area contributed by atoms with E-state index in [0.29, 0.717) is 17.3 Å². The molecule has 1 aliphatic heterocycles. The molecule has 0 atom stereocenters. The Labute approximate surface area is 149 Å². The van der Waals surface area contributed by atoms with Gasteiger partial charge in [-0.05, 0) is 53.2 Å². The smallest absolute Gasteiger partial charge is 0.214 e. The Morgan fingerprint density at radius 1 is 1.24 bits per heavy atom. The Morgan fingerprint density at radius 3 is 2.92 bits per heavy atom. The average Bonchev–Trinajstić information content (AvgIpc) is 3.28. The summed E-state index contributed by atoms with van der Waals surface area (Å²) in [5.74, 6) is 1.22. The number of carbonyl (C=O) groups excluding carboxylic acids is 1. The van der Waals surface area contributed by atoms with Crippen LogP contribution in [0.1, 0.15) is 21.5 Å². The van der Waals surface area contributed by atoms with Crippen molar-refractivity contribution < 1.29 is 9.53 Å². The molecule has 0 radical (unpaired) electrons. The molecule has 0 fully saturated rings. The highest BCUT2D eigenvalue weighted by molar-refractivity contribution is 7.99. The molecule has 0 saturated carbocycles. The highest BCUT2D eigenvalue weighted by Gasteiger charge is 2.16. The van der Waals surface area contributed by atoms with Gasteiger partial charge < -0.3 is 4.74 Å². The summed E-state index contributed by atoms with van der Waals surface area (Å²) in [6, 6.07) is 13.5. The van der Waals surface area contributed by atoms with Crippen LogP contribution in [0.3, 0.4) is 0 Å². The second-order valence-corrected chi connectivity index (χ2v) is 6.78. The molecular formula is C18H16N4O2S. The minimum Gasteiger partial charge on any atom is -0.493 e. The molecule has 0 unspecified atom stereocenters. The summed E-state index contributed by atoms with van der Waals surface area (Å²) in [6.07, 6.45) is 0.856. The Balaban J connectivity index is 1.48. The number of tetrazole rings is 1. The molecule has 3 aromatic rings. The van der Waals surface area contributed by atoms with Crippen molar-refractivity contribution in [2.75, 3.05) is 12.4 Å². The number of rotatable bonds is 5. The number of nitrogens with zero attached hydrogens (tertiary/aromatic N) is 4. The molecule has 0 bridgehead atoms. The maximum atomic E-state index is 12.5. The third-order valence-electron chi connectivity index (χ3n) is 4.06.